The van der Waals surface area contributed by atoms with Crippen molar-refractivity contribution in [1.82, 2.24) is 4.90 Å². The smallest absolute Gasteiger partial charge is 0.266 e. The molecule has 0 spiro atoms. The molecule has 0 radical (unpaired) electrons. The maximum Gasteiger partial charge on any atom is 0.266 e. The molecule has 2 fully saturated rings. The van der Waals surface area contributed by atoms with Crippen LogP contribution in [-0.4, -0.2) is 21.2 Å². The fraction of sp³-hybridized carbons (Fsp3) is 0.280. The minimum absolute atomic E-state index is 0.0449. The first-order chi connectivity index (χ1) is 14.7. The van der Waals surface area contributed by atoms with Crippen LogP contribution in [0.5, 0.6) is 5.75 Å². The highest BCUT2D eigenvalue weighted by Crippen LogP contribution is 2.42. The molecule has 0 bridgehead atoms. The lowest BCUT2D eigenvalue weighted by Gasteiger charge is -2.30. The minimum atomic E-state index is -0.251. The van der Waals surface area contributed by atoms with Gasteiger partial charge in [0, 0.05) is 11.6 Å². The molecule has 1 amide bonds. The molecule has 3 nitrogen and oxygen atoms in total. The van der Waals surface area contributed by atoms with Crippen molar-refractivity contribution in [3.63, 3.8) is 0 Å². The summed E-state index contributed by atoms with van der Waals surface area (Å²) in [6.45, 7) is 0. The topological polar surface area (TPSA) is 29.5 Å². The number of hydrogen-bond acceptors (Lipinski definition) is 4. The SMILES string of the molecule is O=C1C(=CC2=Cc3ccccc3OC2c2ccccc2)SC(=S)N1C1CCCCC1. The van der Waals surface area contributed by atoms with Crippen LogP contribution in [0, 0.1) is 0 Å². The van der Waals surface area contributed by atoms with E-state index in [2.05, 4.69) is 18.2 Å². The predicted molar refractivity (Wildman–Crippen MR) is 126 cm³/mol. The summed E-state index contributed by atoms with van der Waals surface area (Å²) in [5, 5.41) is 0. The van der Waals surface area contributed by atoms with E-state index in [1.807, 2.05) is 53.4 Å². The molecule has 152 valence electrons. The van der Waals surface area contributed by atoms with Crippen LogP contribution >= 0.6 is 24.0 Å². The van der Waals surface area contributed by atoms with Crippen LogP contribution in [0.2, 0.25) is 0 Å². The maximum atomic E-state index is 13.3. The van der Waals surface area contributed by atoms with Crippen molar-refractivity contribution < 1.29 is 9.53 Å². The molecule has 2 heterocycles. The van der Waals surface area contributed by atoms with Crippen molar-refractivity contribution in [2.24, 2.45) is 0 Å². The third kappa shape index (κ3) is 3.72. The number of para-hydroxylation sites is 1. The summed E-state index contributed by atoms with van der Waals surface area (Å²) in [5.41, 5.74) is 3.07. The molecular weight excluding hydrogens is 410 g/mol. The average molecular weight is 434 g/mol. The number of amides is 1. The van der Waals surface area contributed by atoms with Crippen molar-refractivity contribution >= 4 is 40.3 Å². The molecule has 2 aromatic carbocycles. The Morgan fingerprint density at radius 1 is 1.00 bits per heavy atom. The fourth-order valence-electron chi connectivity index (χ4n) is 4.45. The Bertz CT molecular complexity index is 1040. The number of fused-ring (bicyclic) bond motifs is 1. The van der Waals surface area contributed by atoms with Crippen molar-refractivity contribution in [3.8, 4) is 5.75 Å². The third-order valence-electron chi connectivity index (χ3n) is 5.95. The number of benzene rings is 2. The Labute approximate surface area is 186 Å². The van der Waals surface area contributed by atoms with Gasteiger partial charge in [-0.2, -0.15) is 0 Å². The Morgan fingerprint density at radius 2 is 1.73 bits per heavy atom. The number of rotatable bonds is 3. The van der Waals surface area contributed by atoms with Gasteiger partial charge >= 0.3 is 0 Å². The first-order valence-electron chi connectivity index (χ1n) is 10.5. The molecule has 5 heteroatoms. The highest BCUT2D eigenvalue weighted by atomic mass is 32.2. The number of thiocarbonyl (C=S) groups is 1. The highest BCUT2D eigenvalue weighted by Gasteiger charge is 2.38. The Balaban J connectivity index is 1.50. The third-order valence-corrected chi connectivity index (χ3v) is 7.28. The van der Waals surface area contributed by atoms with E-state index in [0.717, 1.165) is 35.3 Å². The number of carbonyl (C=O) groups is 1. The molecule has 0 N–H and O–H groups in total. The molecule has 1 atom stereocenters. The fourth-order valence-corrected chi connectivity index (χ4v) is 5.85. The van der Waals surface area contributed by atoms with Crippen LogP contribution < -0.4 is 4.74 Å². The first-order valence-corrected chi connectivity index (χ1v) is 11.7. The molecule has 2 aromatic rings. The lowest BCUT2D eigenvalue weighted by molar-refractivity contribution is -0.124. The Kier molecular flexibility index (Phi) is 5.48. The van der Waals surface area contributed by atoms with Gasteiger partial charge in [0.2, 0.25) is 0 Å². The van der Waals surface area contributed by atoms with Crippen molar-refractivity contribution in [2.45, 2.75) is 44.2 Å². The van der Waals surface area contributed by atoms with Crippen LogP contribution in [0.1, 0.15) is 49.3 Å². The number of ether oxygens (including phenoxy) is 1. The van der Waals surface area contributed by atoms with Gasteiger partial charge in [-0.05, 0) is 42.2 Å². The lowest BCUT2D eigenvalue weighted by Crippen LogP contribution is -2.39. The zero-order chi connectivity index (χ0) is 20.5. The number of hydrogen-bond donors (Lipinski definition) is 0. The quantitative estimate of drug-likeness (QED) is 0.421. The molecule has 1 saturated carbocycles. The molecule has 1 aliphatic carbocycles. The van der Waals surface area contributed by atoms with E-state index in [9.17, 15) is 4.79 Å². The summed E-state index contributed by atoms with van der Waals surface area (Å²) in [7, 11) is 0. The summed E-state index contributed by atoms with van der Waals surface area (Å²) in [6.07, 6.45) is 9.55. The van der Waals surface area contributed by atoms with Crippen LogP contribution in [0.15, 0.2) is 71.2 Å². The van der Waals surface area contributed by atoms with Crippen LogP contribution in [0.4, 0.5) is 0 Å². The summed E-state index contributed by atoms with van der Waals surface area (Å²) in [4.78, 5) is 15.8. The van der Waals surface area contributed by atoms with E-state index in [0.29, 0.717) is 9.23 Å². The van der Waals surface area contributed by atoms with Crippen molar-refractivity contribution in [2.75, 3.05) is 0 Å². The van der Waals surface area contributed by atoms with Crippen molar-refractivity contribution in [3.05, 3.63) is 82.3 Å². The number of nitrogens with zero attached hydrogens (tertiary/aromatic N) is 1. The Hall–Kier alpha value is -2.37. The zero-order valence-electron chi connectivity index (χ0n) is 16.6. The van der Waals surface area contributed by atoms with Crippen LogP contribution in [0.3, 0.4) is 0 Å². The van der Waals surface area contributed by atoms with Gasteiger partial charge in [-0.25, -0.2) is 0 Å². The van der Waals surface area contributed by atoms with Gasteiger partial charge in [0.1, 0.15) is 16.2 Å². The van der Waals surface area contributed by atoms with Gasteiger partial charge in [0.25, 0.3) is 5.91 Å². The predicted octanol–water partition coefficient (Wildman–Crippen LogP) is 6.28. The first kappa shape index (κ1) is 19.6. The minimum Gasteiger partial charge on any atom is -0.480 e. The van der Waals surface area contributed by atoms with Gasteiger partial charge in [-0.1, -0.05) is 91.8 Å². The number of carbonyl (C=O) groups excluding carboxylic acids is 1. The second-order valence-corrected chi connectivity index (χ2v) is 9.61. The van der Waals surface area contributed by atoms with E-state index in [4.69, 9.17) is 17.0 Å². The van der Waals surface area contributed by atoms with E-state index in [1.165, 1.54) is 31.0 Å². The van der Waals surface area contributed by atoms with E-state index >= 15 is 0 Å². The van der Waals surface area contributed by atoms with Gasteiger partial charge in [-0.3, -0.25) is 9.69 Å². The molecule has 5 rings (SSSR count). The van der Waals surface area contributed by atoms with Crippen LogP contribution in [0.25, 0.3) is 6.08 Å². The Morgan fingerprint density at radius 3 is 2.53 bits per heavy atom. The molecule has 0 aromatic heterocycles. The monoisotopic (exact) mass is 433 g/mol. The molecule has 30 heavy (non-hydrogen) atoms. The summed E-state index contributed by atoms with van der Waals surface area (Å²) < 4.78 is 7.05. The molecule has 2 aliphatic heterocycles. The lowest BCUT2D eigenvalue weighted by atomic mass is 9.94. The molecular formula is C25H23NO2S2. The molecule has 1 unspecified atom stereocenters. The van der Waals surface area contributed by atoms with E-state index in [-0.39, 0.29) is 18.1 Å². The van der Waals surface area contributed by atoms with Gasteiger partial charge in [0.15, 0.2) is 0 Å². The van der Waals surface area contributed by atoms with Gasteiger partial charge < -0.3 is 4.74 Å². The van der Waals surface area contributed by atoms with Gasteiger partial charge in [0.05, 0.1) is 4.91 Å². The van der Waals surface area contributed by atoms with Crippen molar-refractivity contribution in [1.29, 1.82) is 0 Å². The highest BCUT2D eigenvalue weighted by molar-refractivity contribution is 8.26. The zero-order valence-corrected chi connectivity index (χ0v) is 18.3. The molecule has 1 saturated heterocycles. The summed E-state index contributed by atoms with van der Waals surface area (Å²) >= 11 is 7.03. The average Bonchev–Trinajstić information content (AvgIpc) is 3.07. The largest absolute Gasteiger partial charge is 0.480 e. The number of thioether (sulfide) groups is 1. The summed E-state index contributed by atoms with van der Waals surface area (Å²) in [6, 6.07) is 18.4. The summed E-state index contributed by atoms with van der Waals surface area (Å²) in [5.74, 6) is 0.904. The van der Waals surface area contributed by atoms with E-state index in [1.54, 1.807) is 0 Å². The molecule has 3 aliphatic rings. The second kappa shape index (κ2) is 8.40. The van der Waals surface area contributed by atoms with Crippen LogP contribution in [-0.2, 0) is 4.79 Å². The standard InChI is InChI=1S/C25H23NO2S2/c27-24-22(30-25(29)26(24)20-12-5-2-6-13-20)16-19-15-18-11-7-8-14-21(18)28-23(19)17-9-3-1-4-10-17/h1,3-4,7-11,14-16,20,23H,2,5-6,12-13H2. The second-order valence-electron chi connectivity index (χ2n) is 7.93. The van der Waals surface area contributed by atoms with Gasteiger partial charge in [-0.15, -0.1) is 0 Å². The van der Waals surface area contributed by atoms with E-state index < -0.39 is 0 Å². The normalized spacial score (nSPS) is 23.3. The maximum absolute atomic E-state index is 13.3.